The highest BCUT2D eigenvalue weighted by Gasteiger charge is 2.23. The van der Waals surface area contributed by atoms with E-state index in [9.17, 15) is 5.11 Å². The van der Waals surface area contributed by atoms with Crippen molar-refractivity contribution >= 4 is 0 Å². The molecule has 19 heavy (non-hydrogen) atoms. The number of aromatic hydroxyl groups is 1. The van der Waals surface area contributed by atoms with Gasteiger partial charge in [0.1, 0.15) is 6.61 Å². The normalized spacial score (nSPS) is 17.0. The average molecular weight is 258 g/mol. The minimum atomic E-state index is -0.204. The van der Waals surface area contributed by atoms with E-state index in [2.05, 4.69) is 0 Å². The van der Waals surface area contributed by atoms with Gasteiger partial charge in [0.05, 0.1) is 7.11 Å². The molecule has 0 unspecified atom stereocenters. The molecule has 0 saturated heterocycles. The number of ether oxygens (including phenoxy) is 3. The number of phenolic OH excluding ortho intramolecular Hbond substituents is 1. The van der Waals surface area contributed by atoms with Crippen LogP contribution in [0.1, 0.15) is 11.7 Å². The Bertz CT molecular complexity index is 594. The second kappa shape index (κ2) is 4.72. The van der Waals surface area contributed by atoms with E-state index in [4.69, 9.17) is 14.2 Å². The van der Waals surface area contributed by atoms with Gasteiger partial charge in [0.15, 0.2) is 29.1 Å². The number of hydrogen-bond acceptors (Lipinski definition) is 4. The smallest absolute Gasteiger partial charge is 0.162 e. The van der Waals surface area contributed by atoms with Crippen LogP contribution in [0.5, 0.6) is 23.0 Å². The molecule has 4 nitrogen and oxygen atoms in total. The molecule has 1 heterocycles. The lowest BCUT2D eigenvalue weighted by atomic mass is 10.1. The average Bonchev–Trinajstić information content (AvgIpc) is 2.47. The van der Waals surface area contributed by atoms with Crippen LogP contribution in [0, 0.1) is 0 Å². The van der Waals surface area contributed by atoms with Gasteiger partial charge in [-0.2, -0.15) is 0 Å². The molecule has 2 aromatic carbocycles. The van der Waals surface area contributed by atoms with Crippen molar-refractivity contribution in [2.75, 3.05) is 13.7 Å². The Morgan fingerprint density at radius 1 is 1.16 bits per heavy atom. The quantitative estimate of drug-likeness (QED) is 0.899. The molecule has 0 aliphatic carbocycles. The molecular weight excluding hydrogens is 244 g/mol. The van der Waals surface area contributed by atoms with Crippen LogP contribution in [-0.4, -0.2) is 18.8 Å². The van der Waals surface area contributed by atoms with Gasteiger partial charge >= 0.3 is 0 Å². The number of hydrogen-bond donors (Lipinski definition) is 1. The third-order valence-corrected chi connectivity index (χ3v) is 3.08. The Morgan fingerprint density at radius 3 is 2.74 bits per heavy atom. The zero-order valence-corrected chi connectivity index (χ0v) is 10.5. The summed E-state index contributed by atoms with van der Waals surface area (Å²) in [5.74, 6) is 2.03. The SMILES string of the molecule is COc1cc([C@@H]2COc3ccccc3O2)ccc1O. The minimum absolute atomic E-state index is 0.114. The molecule has 1 atom stereocenters. The Morgan fingerprint density at radius 2 is 1.95 bits per heavy atom. The van der Waals surface area contributed by atoms with Gasteiger partial charge in [0.25, 0.3) is 0 Å². The first-order valence-electron chi connectivity index (χ1n) is 6.03. The lowest BCUT2D eigenvalue weighted by molar-refractivity contribution is 0.0911. The Balaban J connectivity index is 1.89. The summed E-state index contributed by atoms with van der Waals surface area (Å²) in [4.78, 5) is 0. The predicted octanol–water partition coefficient (Wildman–Crippen LogP) is 2.91. The highest BCUT2D eigenvalue weighted by molar-refractivity contribution is 5.45. The molecule has 0 fully saturated rings. The fourth-order valence-corrected chi connectivity index (χ4v) is 2.08. The largest absolute Gasteiger partial charge is 0.504 e. The van der Waals surface area contributed by atoms with Crippen molar-refractivity contribution in [3.8, 4) is 23.0 Å². The van der Waals surface area contributed by atoms with Crippen LogP contribution >= 0.6 is 0 Å². The van der Waals surface area contributed by atoms with Crippen LogP contribution in [0.4, 0.5) is 0 Å². The molecule has 98 valence electrons. The number of para-hydroxylation sites is 2. The Labute approximate surface area is 111 Å². The van der Waals surface area contributed by atoms with Crippen LogP contribution in [0.25, 0.3) is 0 Å². The van der Waals surface area contributed by atoms with Crippen molar-refractivity contribution in [1.29, 1.82) is 0 Å². The maximum atomic E-state index is 9.59. The van der Waals surface area contributed by atoms with Gasteiger partial charge < -0.3 is 19.3 Å². The van der Waals surface area contributed by atoms with Gasteiger partial charge in [0, 0.05) is 0 Å². The van der Waals surface area contributed by atoms with E-state index in [1.165, 1.54) is 7.11 Å². The molecule has 0 aromatic heterocycles. The van der Waals surface area contributed by atoms with Crippen molar-refractivity contribution in [2.24, 2.45) is 0 Å². The lowest BCUT2D eigenvalue weighted by Crippen LogP contribution is -2.21. The summed E-state index contributed by atoms with van der Waals surface area (Å²) in [5, 5.41) is 9.59. The van der Waals surface area contributed by atoms with Crippen molar-refractivity contribution in [3.63, 3.8) is 0 Å². The Hall–Kier alpha value is -2.36. The topological polar surface area (TPSA) is 47.9 Å². The molecular formula is C15H14O4. The number of methoxy groups -OCH3 is 1. The molecule has 4 heteroatoms. The zero-order valence-electron chi connectivity index (χ0n) is 10.5. The maximum absolute atomic E-state index is 9.59. The number of rotatable bonds is 2. The van der Waals surface area contributed by atoms with Crippen molar-refractivity contribution < 1.29 is 19.3 Å². The first kappa shape index (κ1) is 11.7. The minimum Gasteiger partial charge on any atom is -0.504 e. The van der Waals surface area contributed by atoms with Crippen LogP contribution in [-0.2, 0) is 0 Å². The molecule has 0 saturated carbocycles. The van der Waals surface area contributed by atoms with Gasteiger partial charge in [0.2, 0.25) is 0 Å². The van der Waals surface area contributed by atoms with Crippen LogP contribution in [0.2, 0.25) is 0 Å². The van der Waals surface area contributed by atoms with Crippen LogP contribution in [0.3, 0.4) is 0 Å². The standard InChI is InChI=1S/C15H14O4/c1-17-14-8-10(6-7-11(14)16)15-9-18-12-4-2-3-5-13(12)19-15/h2-8,15-16H,9H2,1H3/t15-/m0/s1. The molecule has 0 radical (unpaired) electrons. The Kier molecular flexibility index (Phi) is 2.91. The van der Waals surface area contributed by atoms with Gasteiger partial charge in [-0.05, 0) is 29.8 Å². The van der Waals surface area contributed by atoms with Crippen molar-refractivity contribution in [1.82, 2.24) is 0 Å². The molecule has 2 aromatic rings. The van der Waals surface area contributed by atoms with Crippen molar-refractivity contribution in [3.05, 3.63) is 48.0 Å². The molecule has 0 spiro atoms. The van der Waals surface area contributed by atoms with E-state index in [0.29, 0.717) is 12.4 Å². The highest BCUT2D eigenvalue weighted by Crippen LogP contribution is 2.37. The zero-order chi connectivity index (χ0) is 13.2. The summed E-state index contributed by atoms with van der Waals surface area (Å²) in [5.41, 5.74) is 0.907. The van der Waals surface area contributed by atoms with Gasteiger partial charge in [-0.3, -0.25) is 0 Å². The van der Waals surface area contributed by atoms with Gasteiger partial charge in [-0.1, -0.05) is 18.2 Å². The fraction of sp³-hybridized carbons (Fsp3) is 0.200. The van der Waals surface area contributed by atoms with E-state index in [0.717, 1.165) is 17.1 Å². The van der Waals surface area contributed by atoms with E-state index < -0.39 is 0 Å². The molecule has 1 aliphatic heterocycles. The van der Waals surface area contributed by atoms with E-state index in [1.807, 2.05) is 24.3 Å². The maximum Gasteiger partial charge on any atom is 0.162 e. The molecule has 1 N–H and O–H groups in total. The molecule has 0 bridgehead atoms. The van der Waals surface area contributed by atoms with E-state index in [1.54, 1.807) is 18.2 Å². The number of benzene rings is 2. The third kappa shape index (κ3) is 2.17. The predicted molar refractivity (Wildman–Crippen MR) is 70.0 cm³/mol. The number of fused-ring (bicyclic) bond motifs is 1. The van der Waals surface area contributed by atoms with Crippen LogP contribution in [0.15, 0.2) is 42.5 Å². The second-order valence-corrected chi connectivity index (χ2v) is 4.30. The molecule has 3 rings (SSSR count). The first-order valence-corrected chi connectivity index (χ1v) is 6.03. The second-order valence-electron chi connectivity index (χ2n) is 4.30. The monoisotopic (exact) mass is 258 g/mol. The van der Waals surface area contributed by atoms with Gasteiger partial charge in [-0.15, -0.1) is 0 Å². The summed E-state index contributed by atoms with van der Waals surface area (Å²) in [7, 11) is 1.52. The molecule has 0 amide bonds. The first-order chi connectivity index (χ1) is 9.28. The van der Waals surface area contributed by atoms with Gasteiger partial charge in [-0.25, -0.2) is 0 Å². The van der Waals surface area contributed by atoms with Crippen LogP contribution < -0.4 is 14.2 Å². The summed E-state index contributed by atoms with van der Waals surface area (Å²) in [6, 6.07) is 12.7. The summed E-state index contributed by atoms with van der Waals surface area (Å²) >= 11 is 0. The molecule has 1 aliphatic rings. The summed E-state index contributed by atoms with van der Waals surface area (Å²) < 4.78 is 16.7. The summed E-state index contributed by atoms with van der Waals surface area (Å²) in [6.07, 6.45) is -0.204. The van der Waals surface area contributed by atoms with E-state index >= 15 is 0 Å². The lowest BCUT2D eigenvalue weighted by Gasteiger charge is -2.26. The fourth-order valence-electron chi connectivity index (χ4n) is 2.08. The van der Waals surface area contributed by atoms with E-state index in [-0.39, 0.29) is 11.9 Å². The third-order valence-electron chi connectivity index (χ3n) is 3.08. The van der Waals surface area contributed by atoms with Crippen molar-refractivity contribution in [2.45, 2.75) is 6.10 Å². The number of phenols is 1. The highest BCUT2D eigenvalue weighted by atomic mass is 16.6. The summed E-state index contributed by atoms with van der Waals surface area (Å²) in [6.45, 7) is 0.435.